The predicted octanol–water partition coefficient (Wildman–Crippen LogP) is 3.53. The Morgan fingerprint density at radius 2 is 1.60 bits per heavy atom. The molecule has 0 unspecified atom stereocenters. The Morgan fingerprint density at radius 1 is 0.967 bits per heavy atom. The summed E-state index contributed by atoms with van der Waals surface area (Å²) < 4.78 is 30.4. The monoisotopic (exact) mass is 424 g/mol. The first-order valence-corrected chi connectivity index (χ1v) is 11.4. The summed E-state index contributed by atoms with van der Waals surface area (Å²) in [6.07, 6.45) is 2.05. The third kappa shape index (κ3) is 3.82. The van der Waals surface area contributed by atoms with Gasteiger partial charge in [-0.2, -0.15) is 5.10 Å². The average molecular weight is 425 g/mol. The number of rotatable bonds is 5. The summed E-state index contributed by atoms with van der Waals surface area (Å²) in [5.41, 5.74) is 2.71. The number of sulfonamides is 1. The van der Waals surface area contributed by atoms with Crippen molar-refractivity contribution in [1.29, 1.82) is 0 Å². The predicted molar refractivity (Wildman–Crippen MR) is 115 cm³/mol. The zero-order chi connectivity index (χ0) is 21.3. The second-order valence-electron chi connectivity index (χ2n) is 7.43. The number of aryl methyl sites for hydroxylation is 1. The summed E-state index contributed by atoms with van der Waals surface area (Å²) in [6, 6.07) is 16.0. The lowest BCUT2D eigenvalue weighted by Gasteiger charge is -2.15. The fourth-order valence-electron chi connectivity index (χ4n) is 3.83. The Balaban J connectivity index is 1.58. The summed E-state index contributed by atoms with van der Waals surface area (Å²) in [6.45, 7) is 4.96. The number of hydrogen-bond donors (Lipinski definition) is 1. The van der Waals surface area contributed by atoms with Gasteiger partial charge in [0.25, 0.3) is 15.9 Å². The van der Waals surface area contributed by atoms with Gasteiger partial charge in [0.05, 0.1) is 17.1 Å². The topological polar surface area (TPSA) is 84.3 Å². The van der Waals surface area contributed by atoms with Crippen molar-refractivity contribution >= 4 is 21.6 Å². The van der Waals surface area contributed by atoms with Gasteiger partial charge in [0.15, 0.2) is 0 Å². The van der Waals surface area contributed by atoms with E-state index in [1.165, 1.54) is 0 Å². The molecule has 7 nitrogen and oxygen atoms in total. The van der Waals surface area contributed by atoms with Crippen LogP contribution in [-0.2, 0) is 10.0 Å². The molecule has 0 atom stereocenters. The maximum absolute atomic E-state index is 13.1. The van der Waals surface area contributed by atoms with E-state index in [9.17, 15) is 13.2 Å². The Bertz CT molecular complexity index is 1160. The molecule has 0 radical (unpaired) electrons. The third-order valence-corrected chi connectivity index (χ3v) is 6.90. The fraction of sp³-hybridized carbons (Fsp3) is 0.273. The molecule has 1 amide bonds. The first-order valence-electron chi connectivity index (χ1n) is 9.90. The van der Waals surface area contributed by atoms with Crippen LogP contribution in [0.3, 0.4) is 0 Å². The second-order valence-corrected chi connectivity index (χ2v) is 9.05. The Kier molecular flexibility index (Phi) is 5.34. The van der Waals surface area contributed by atoms with E-state index in [0.29, 0.717) is 22.6 Å². The molecule has 0 bridgehead atoms. The van der Waals surface area contributed by atoms with Crippen LogP contribution in [0.1, 0.15) is 34.6 Å². The highest BCUT2D eigenvalue weighted by Gasteiger charge is 2.25. The number of likely N-dealkylation sites (tertiary alicyclic amines) is 1. The number of nitrogens with one attached hydrogen (secondary N) is 1. The van der Waals surface area contributed by atoms with Crippen molar-refractivity contribution in [1.82, 2.24) is 14.7 Å². The number of carbonyl (C=O) groups excluding carboxylic acids is 1. The van der Waals surface area contributed by atoms with Crippen molar-refractivity contribution in [2.45, 2.75) is 31.6 Å². The minimum atomic E-state index is -3.84. The quantitative estimate of drug-likeness (QED) is 0.679. The van der Waals surface area contributed by atoms with Crippen LogP contribution in [0, 0.1) is 13.8 Å². The van der Waals surface area contributed by atoms with Crippen LogP contribution >= 0.6 is 0 Å². The molecule has 3 aromatic rings. The maximum atomic E-state index is 13.1. The zero-order valence-corrected chi connectivity index (χ0v) is 17.8. The van der Waals surface area contributed by atoms with Gasteiger partial charge in [-0.05, 0) is 63.1 Å². The van der Waals surface area contributed by atoms with Gasteiger partial charge in [-0.25, -0.2) is 13.1 Å². The highest BCUT2D eigenvalue weighted by Crippen LogP contribution is 2.25. The van der Waals surface area contributed by atoms with Crippen molar-refractivity contribution in [3.63, 3.8) is 0 Å². The molecule has 30 heavy (non-hydrogen) atoms. The number of benzene rings is 2. The van der Waals surface area contributed by atoms with E-state index in [2.05, 4.69) is 9.82 Å². The summed E-state index contributed by atoms with van der Waals surface area (Å²) in [7, 11) is -3.84. The fourth-order valence-corrected chi connectivity index (χ4v) is 5.28. The lowest BCUT2D eigenvalue weighted by Crippen LogP contribution is -2.27. The van der Waals surface area contributed by atoms with Gasteiger partial charge in [0, 0.05) is 24.3 Å². The summed E-state index contributed by atoms with van der Waals surface area (Å²) >= 11 is 0. The molecule has 1 saturated heterocycles. The second kappa shape index (κ2) is 7.95. The van der Waals surface area contributed by atoms with Gasteiger partial charge in [-0.1, -0.05) is 18.2 Å². The summed E-state index contributed by atoms with van der Waals surface area (Å²) in [5, 5.41) is 4.42. The molecule has 2 aromatic carbocycles. The third-order valence-electron chi connectivity index (χ3n) is 5.27. The number of hydrogen-bond acceptors (Lipinski definition) is 4. The van der Waals surface area contributed by atoms with Crippen LogP contribution in [0.15, 0.2) is 59.5 Å². The minimum absolute atomic E-state index is 0.0160. The Hall–Kier alpha value is -3.13. The van der Waals surface area contributed by atoms with E-state index in [0.717, 1.165) is 31.6 Å². The van der Waals surface area contributed by atoms with Crippen LogP contribution in [-0.4, -0.2) is 42.1 Å². The van der Waals surface area contributed by atoms with Gasteiger partial charge >= 0.3 is 0 Å². The van der Waals surface area contributed by atoms with Crippen LogP contribution < -0.4 is 4.72 Å². The number of para-hydroxylation sites is 1. The highest BCUT2D eigenvalue weighted by molar-refractivity contribution is 7.92. The standard InChI is InChI=1S/C22H24N4O3S/c1-16-21(17(2)26(23-16)20-8-4-3-5-9-20)30(28,29)24-19-12-10-18(11-13-19)22(27)25-14-6-7-15-25/h3-5,8-13,24H,6-7,14-15H2,1-2H3. The molecule has 1 fully saturated rings. The van der Waals surface area contributed by atoms with E-state index < -0.39 is 10.0 Å². The smallest absolute Gasteiger partial charge is 0.265 e. The number of anilines is 1. The lowest BCUT2D eigenvalue weighted by atomic mass is 10.2. The zero-order valence-electron chi connectivity index (χ0n) is 17.0. The minimum Gasteiger partial charge on any atom is -0.339 e. The molecule has 2 heterocycles. The van der Waals surface area contributed by atoms with Gasteiger partial charge in [-0.15, -0.1) is 0 Å². The van der Waals surface area contributed by atoms with Crippen LogP contribution in [0.5, 0.6) is 0 Å². The molecular weight excluding hydrogens is 400 g/mol. The highest BCUT2D eigenvalue weighted by atomic mass is 32.2. The van der Waals surface area contributed by atoms with E-state index in [1.54, 1.807) is 42.8 Å². The van der Waals surface area contributed by atoms with Crippen molar-refractivity contribution in [3.8, 4) is 5.69 Å². The first-order chi connectivity index (χ1) is 14.4. The van der Waals surface area contributed by atoms with Gasteiger partial charge in [0.2, 0.25) is 0 Å². The summed E-state index contributed by atoms with van der Waals surface area (Å²) in [5.74, 6) is -0.0160. The van der Waals surface area contributed by atoms with Crippen molar-refractivity contribution < 1.29 is 13.2 Å². The Morgan fingerprint density at radius 3 is 2.23 bits per heavy atom. The molecule has 1 aromatic heterocycles. The molecule has 0 saturated carbocycles. The molecule has 1 N–H and O–H groups in total. The SMILES string of the molecule is Cc1nn(-c2ccccc2)c(C)c1S(=O)(=O)Nc1ccc(C(=O)N2CCCC2)cc1. The van der Waals surface area contributed by atoms with Gasteiger partial charge < -0.3 is 4.90 Å². The number of carbonyl (C=O) groups is 1. The van der Waals surface area contributed by atoms with Crippen molar-refractivity contribution in [3.05, 3.63) is 71.5 Å². The van der Waals surface area contributed by atoms with Crippen LogP contribution in [0.25, 0.3) is 5.69 Å². The molecule has 8 heteroatoms. The van der Waals surface area contributed by atoms with Gasteiger partial charge in [0.1, 0.15) is 4.90 Å². The van der Waals surface area contributed by atoms with Crippen molar-refractivity contribution in [2.24, 2.45) is 0 Å². The Labute approximate surface area is 176 Å². The molecule has 0 spiro atoms. The number of nitrogens with zero attached hydrogens (tertiary/aromatic N) is 3. The summed E-state index contributed by atoms with van der Waals surface area (Å²) in [4.78, 5) is 14.4. The van der Waals surface area contributed by atoms with E-state index in [1.807, 2.05) is 35.2 Å². The van der Waals surface area contributed by atoms with Crippen LogP contribution in [0.4, 0.5) is 5.69 Å². The van der Waals surface area contributed by atoms with Crippen LogP contribution in [0.2, 0.25) is 0 Å². The number of amides is 1. The van der Waals surface area contributed by atoms with Crippen molar-refractivity contribution in [2.75, 3.05) is 17.8 Å². The number of aromatic nitrogens is 2. The molecule has 156 valence electrons. The largest absolute Gasteiger partial charge is 0.339 e. The van der Waals surface area contributed by atoms with E-state index in [4.69, 9.17) is 0 Å². The van der Waals surface area contributed by atoms with E-state index >= 15 is 0 Å². The normalized spacial score (nSPS) is 14.1. The molecule has 0 aliphatic carbocycles. The molecule has 1 aliphatic rings. The van der Waals surface area contributed by atoms with E-state index in [-0.39, 0.29) is 10.8 Å². The average Bonchev–Trinajstić information content (AvgIpc) is 3.36. The van der Waals surface area contributed by atoms with Gasteiger partial charge in [-0.3, -0.25) is 9.52 Å². The molecule has 1 aliphatic heterocycles. The lowest BCUT2D eigenvalue weighted by molar-refractivity contribution is 0.0793. The first kappa shape index (κ1) is 20.2. The maximum Gasteiger partial charge on any atom is 0.265 e. The molecule has 4 rings (SSSR count). The molecular formula is C22H24N4O3S.